The number of aliphatic hydroxyl groups is 1. The Labute approximate surface area is 229 Å². The molecule has 1 aliphatic heterocycles. The fourth-order valence-electron chi connectivity index (χ4n) is 5.24. The van der Waals surface area contributed by atoms with Crippen molar-refractivity contribution in [3.63, 3.8) is 0 Å². The van der Waals surface area contributed by atoms with Gasteiger partial charge in [-0.1, -0.05) is 78.9 Å². The summed E-state index contributed by atoms with van der Waals surface area (Å²) in [5.74, 6) is 0.778. The average molecular weight is 526 g/mol. The van der Waals surface area contributed by atoms with Crippen LogP contribution in [0, 0.1) is 0 Å². The van der Waals surface area contributed by atoms with E-state index in [0.717, 1.165) is 22.9 Å². The maximum absolute atomic E-state index is 11.7. The van der Waals surface area contributed by atoms with E-state index in [1.807, 2.05) is 54.6 Å². The average Bonchev–Trinajstić information content (AvgIpc) is 2.98. The molecule has 2 N–H and O–H groups in total. The van der Waals surface area contributed by atoms with Crippen molar-refractivity contribution in [1.82, 2.24) is 4.90 Å². The minimum atomic E-state index is -0.915. The van der Waals surface area contributed by atoms with Crippen LogP contribution in [0.3, 0.4) is 0 Å². The minimum Gasteiger partial charge on any atom is -0.491 e. The van der Waals surface area contributed by atoms with Crippen molar-refractivity contribution in [2.45, 2.75) is 44.0 Å². The highest BCUT2D eigenvalue weighted by molar-refractivity contribution is 5.82. The molecule has 6 heteroatoms. The van der Waals surface area contributed by atoms with Crippen molar-refractivity contribution >= 4 is 16.9 Å². The lowest BCUT2D eigenvalue weighted by Crippen LogP contribution is -2.46. The molecule has 1 fully saturated rings. The van der Waals surface area contributed by atoms with Gasteiger partial charge in [-0.3, -0.25) is 0 Å². The van der Waals surface area contributed by atoms with Crippen LogP contribution in [-0.4, -0.2) is 53.1 Å². The smallest absolute Gasteiger partial charge is 0.407 e. The summed E-state index contributed by atoms with van der Waals surface area (Å²) >= 11 is 0. The van der Waals surface area contributed by atoms with Gasteiger partial charge in [0.1, 0.15) is 12.4 Å². The van der Waals surface area contributed by atoms with E-state index in [2.05, 4.69) is 42.5 Å². The number of likely N-dealkylation sites (tertiary alicyclic amines) is 1. The normalized spacial score (nSPS) is 18.1. The third-order valence-corrected chi connectivity index (χ3v) is 7.47. The number of nitrogens with zero attached hydrogens (tertiary/aromatic N) is 1. The number of carboxylic acid groups (broad SMARTS) is 1. The van der Waals surface area contributed by atoms with Crippen LogP contribution in [0.2, 0.25) is 0 Å². The van der Waals surface area contributed by atoms with Gasteiger partial charge in [-0.2, -0.15) is 0 Å². The Morgan fingerprint density at radius 2 is 1.64 bits per heavy atom. The number of fused-ring (bicyclic) bond motifs is 1. The fraction of sp³-hybridized carbons (Fsp3) is 0.303. The van der Waals surface area contributed by atoms with Gasteiger partial charge in [0.2, 0.25) is 0 Å². The predicted molar refractivity (Wildman–Crippen MR) is 152 cm³/mol. The number of aliphatic hydroxyl groups excluding tert-OH is 1. The Morgan fingerprint density at radius 1 is 0.897 bits per heavy atom. The molecular formula is C33H35NO5. The highest BCUT2D eigenvalue weighted by atomic mass is 16.5. The molecule has 5 rings (SSSR count). The summed E-state index contributed by atoms with van der Waals surface area (Å²) < 4.78 is 12.2. The number of aryl methyl sites for hydroxylation is 1. The van der Waals surface area contributed by atoms with Gasteiger partial charge in [-0.05, 0) is 64.9 Å². The Hall–Kier alpha value is -3.87. The van der Waals surface area contributed by atoms with Gasteiger partial charge in [0.25, 0.3) is 0 Å². The molecule has 0 saturated carbocycles. The number of piperidine rings is 1. The number of benzene rings is 4. The number of rotatable bonds is 10. The number of hydrogen-bond donors (Lipinski definition) is 2. The van der Waals surface area contributed by atoms with Gasteiger partial charge in [-0.15, -0.1) is 0 Å². The van der Waals surface area contributed by atoms with E-state index < -0.39 is 12.2 Å². The molecule has 0 radical (unpaired) electrons. The van der Waals surface area contributed by atoms with Gasteiger partial charge >= 0.3 is 6.09 Å². The van der Waals surface area contributed by atoms with Crippen molar-refractivity contribution in [2.24, 2.45) is 0 Å². The monoisotopic (exact) mass is 525 g/mol. The van der Waals surface area contributed by atoms with Crippen molar-refractivity contribution in [3.8, 4) is 5.75 Å². The zero-order chi connectivity index (χ0) is 27.0. The molecule has 1 aliphatic rings. The summed E-state index contributed by atoms with van der Waals surface area (Å²) in [6, 6.07) is 32.5. The van der Waals surface area contributed by atoms with Gasteiger partial charge in [-0.25, -0.2) is 4.79 Å². The molecular weight excluding hydrogens is 490 g/mol. The Morgan fingerprint density at radius 3 is 2.41 bits per heavy atom. The molecule has 0 unspecified atom stereocenters. The van der Waals surface area contributed by atoms with Crippen LogP contribution in [0.15, 0.2) is 97.1 Å². The second-order valence-electron chi connectivity index (χ2n) is 10.2. The quantitative estimate of drug-likeness (QED) is 0.255. The zero-order valence-corrected chi connectivity index (χ0v) is 22.0. The molecule has 0 aliphatic carbocycles. The standard InChI is InChI=1S/C33H35NO5/c35-29(15-11-24-6-2-1-3-7-24)23-38-30-16-13-27(14-17-30)31-18-19-34(33(36)37)21-32(31)39-22-25-10-12-26-8-4-5-9-28(26)20-25/h1-10,12-14,16-17,20,29,31-32,35H,11,15,18-19,21-23H2,(H,36,37)/t29-,31+,32-/m0/s1. The molecule has 39 heavy (non-hydrogen) atoms. The molecule has 1 heterocycles. The number of amides is 1. The third kappa shape index (κ3) is 7.16. The summed E-state index contributed by atoms with van der Waals surface area (Å²) in [5, 5.41) is 22.3. The maximum Gasteiger partial charge on any atom is 0.407 e. The molecule has 0 aromatic heterocycles. The van der Waals surface area contributed by atoms with E-state index in [4.69, 9.17) is 9.47 Å². The SMILES string of the molecule is O=C(O)N1CC[C@H](c2ccc(OC[C@@H](O)CCc3ccccc3)cc2)[C@@H](OCc2ccc3ccccc3c2)C1. The maximum atomic E-state index is 11.7. The van der Waals surface area contributed by atoms with Crippen LogP contribution in [0.4, 0.5) is 4.79 Å². The number of carbonyl (C=O) groups is 1. The number of ether oxygens (including phenoxy) is 2. The van der Waals surface area contributed by atoms with Crippen molar-refractivity contribution in [2.75, 3.05) is 19.7 Å². The van der Waals surface area contributed by atoms with Crippen molar-refractivity contribution < 1.29 is 24.5 Å². The highest BCUT2D eigenvalue weighted by Crippen LogP contribution is 2.32. The largest absolute Gasteiger partial charge is 0.491 e. The van der Waals surface area contributed by atoms with E-state index in [-0.39, 0.29) is 18.6 Å². The first-order valence-electron chi connectivity index (χ1n) is 13.6. The zero-order valence-electron chi connectivity index (χ0n) is 22.0. The van der Waals surface area contributed by atoms with E-state index in [1.54, 1.807) is 0 Å². The molecule has 202 valence electrons. The van der Waals surface area contributed by atoms with Crippen LogP contribution in [0.5, 0.6) is 5.75 Å². The molecule has 0 bridgehead atoms. The highest BCUT2D eigenvalue weighted by Gasteiger charge is 2.33. The first kappa shape index (κ1) is 26.7. The summed E-state index contributed by atoms with van der Waals surface area (Å²) in [6.45, 7) is 1.46. The van der Waals surface area contributed by atoms with Gasteiger partial charge in [0.05, 0.1) is 25.4 Å². The van der Waals surface area contributed by atoms with E-state index in [1.165, 1.54) is 15.8 Å². The van der Waals surface area contributed by atoms with Crippen LogP contribution >= 0.6 is 0 Å². The van der Waals surface area contributed by atoms with E-state index in [0.29, 0.717) is 38.3 Å². The second-order valence-corrected chi connectivity index (χ2v) is 10.2. The summed E-state index contributed by atoms with van der Waals surface area (Å²) in [7, 11) is 0. The first-order chi connectivity index (χ1) is 19.0. The Bertz CT molecular complexity index is 1360. The van der Waals surface area contributed by atoms with Crippen LogP contribution in [-0.2, 0) is 17.8 Å². The van der Waals surface area contributed by atoms with Gasteiger partial charge in [0.15, 0.2) is 0 Å². The molecule has 0 spiro atoms. The topological polar surface area (TPSA) is 79.2 Å². The molecule has 4 aromatic rings. The van der Waals surface area contributed by atoms with Crippen molar-refractivity contribution in [3.05, 3.63) is 114 Å². The van der Waals surface area contributed by atoms with E-state index >= 15 is 0 Å². The third-order valence-electron chi connectivity index (χ3n) is 7.47. The fourth-order valence-corrected chi connectivity index (χ4v) is 5.24. The lowest BCUT2D eigenvalue weighted by molar-refractivity contribution is -0.0199. The van der Waals surface area contributed by atoms with Crippen LogP contribution < -0.4 is 4.74 Å². The minimum absolute atomic E-state index is 0.0755. The van der Waals surface area contributed by atoms with E-state index in [9.17, 15) is 15.0 Å². The summed E-state index contributed by atoms with van der Waals surface area (Å²) in [6.07, 6.45) is 0.418. The molecule has 3 atom stereocenters. The Kier molecular flexibility index (Phi) is 8.76. The van der Waals surface area contributed by atoms with Gasteiger partial charge in [0, 0.05) is 12.5 Å². The first-order valence-corrected chi connectivity index (χ1v) is 13.6. The van der Waals surface area contributed by atoms with Gasteiger partial charge < -0.3 is 24.6 Å². The van der Waals surface area contributed by atoms with Crippen molar-refractivity contribution in [1.29, 1.82) is 0 Å². The molecule has 6 nitrogen and oxygen atoms in total. The molecule has 1 amide bonds. The molecule has 1 saturated heterocycles. The predicted octanol–water partition coefficient (Wildman–Crippen LogP) is 6.27. The lowest BCUT2D eigenvalue weighted by atomic mass is 9.87. The lowest BCUT2D eigenvalue weighted by Gasteiger charge is -2.37. The van der Waals surface area contributed by atoms with Crippen LogP contribution in [0.25, 0.3) is 10.8 Å². The molecule has 4 aromatic carbocycles. The Balaban J connectivity index is 1.19. The van der Waals surface area contributed by atoms with Crippen LogP contribution in [0.1, 0.15) is 35.4 Å². The summed E-state index contributed by atoms with van der Waals surface area (Å²) in [4.78, 5) is 13.1. The number of hydrogen-bond acceptors (Lipinski definition) is 4. The summed E-state index contributed by atoms with van der Waals surface area (Å²) in [5.41, 5.74) is 3.36. The second kappa shape index (κ2) is 12.8.